The molecule has 488 valence electrons. The van der Waals surface area contributed by atoms with E-state index in [9.17, 15) is 10.2 Å². The van der Waals surface area contributed by atoms with Crippen LogP contribution in [0.1, 0.15) is 151 Å². The molecule has 0 unspecified atom stereocenters. The zero-order valence-electron chi connectivity index (χ0n) is 58.1. The SMILES string of the molecule is C[C@H](/C=C\[C@@H](O)[C@H]1OC(C)(C)O[C@H]1CCO[Si](c1ccccc1)(c1ccccc1)C(C)(C)C)[C@H](C)O[Si](C)(C)C(C)(C)C.C[C@H](/C=C\[C@H](O)[C@H]1OC(C)(C)O[C@H]1CCO[Si](c1ccccc1)(c1ccccc1)C(C)(C)C)[C@H](C)O[Si](C)(C)C(C)(C)C.S. The van der Waals surface area contributed by atoms with E-state index >= 15 is 0 Å². The van der Waals surface area contributed by atoms with Crippen LogP contribution < -0.4 is 20.7 Å². The molecule has 10 atom stereocenters. The van der Waals surface area contributed by atoms with E-state index in [1.807, 2.05) is 39.8 Å². The van der Waals surface area contributed by atoms with E-state index in [0.29, 0.717) is 26.1 Å². The van der Waals surface area contributed by atoms with Crippen molar-refractivity contribution in [1.82, 2.24) is 0 Å². The molecule has 87 heavy (non-hydrogen) atoms. The summed E-state index contributed by atoms with van der Waals surface area (Å²) in [5, 5.41) is 27.7. The van der Waals surface area contributed by atoms with Crippen LogP contribution >= 0.6 is 13.5 Å². The summed E-state index contributed by atoms with van der Waals surface area (Å²) in [5.41, 5.74) is 0. The van der Waals surface area contributed by atoms with Gasteiger partial charge in [-0.15, -0.1) is 0 Å². The smallest absolute Gasteiger partial charge is 0.261 e. The second-order valence-corrected chi connectivity index (χ2v) is 48.6. The molecule has 6 rings (SSSR count). The van der Waals surface area contributed by atoms with Crippen molar-refractivity contribution in [2.24, 2.45) is 11.8 Å². The minimum atomic E-state index is -2.67. The standard InChI is InChI=1S/2C36H58O5Si2.H2S/c2*1-27(28(2)41-42(11,12)34(3,4)5)23-24-31(37)33-32(39-36(9,10)40-33)25-26-38-43(35(6,7)8,29-19-15-13-16-20-29)30-21-17-14-18-22-30;/h2*13-24,27-28,31-33,37H,25-26H2,1-12H3;1H2/b2*24-23-;/t27-,28+,31+,32+,33-;27-,28+,31-,32+,33-;/m11./s1. The molecule has 0 spiro atoms. The number of aliphatic hydroxyl groups excluding tert-OH is 2. The number of rotatable bonds is 24. The molecule has 4 aromatic rings. The van der Waals surface area contributed by atoms with Crippen molar-refractivity contribution in [2.45, 2.75) is 258 Å². The van der Waals surface area contributed by atoms with Gasteiger partial charge in [0.15, 0.2) is 28.2 Å². The molecule has 10 nitrogen and oxygen atoms in total. The number of hydrogen-bond acceptors (Lipinski definition) is 10. The van der Waals surface area contributed by atoms with Crippen LogP contribution in [0.5, 0.6) is 0 Å². The summed E-state index contributed by atoms with van der Waals surface area (Å²) in [6, 6.07) is 42.7. The van der Waals surface area contributed by atoms with Crippen molar-refractivity contribution >= 4 is 67.5 Å². The second-order valence-electron chi connectivity index (χ2n) is 30.5. The summed E-state index contributed by atoms with van der Waals surface area (Å²) in [4.78, 5) is 0. The monoisotopic (exact) mass is 1290 g/mol. The maximum absolute atomic E-state index is 11.3. The van der Waals surface area contributed by atoms with Crippen molar-refractivity contribution in [3.05, 3.63) is 146 Å². The molecule has 0 amide bonds. The van der Waals surface area contributed by atoms with Crippen molar-refractivity contribution < 1.29 is 46.9 Å². The minimum absolute atomic E-state index is 0. The van der Waals surface area contributed by atoms with E-state index in [1.54, 1.807) is 0 Å². The minimum Gasteiger partial charge on any atom is -0.414 e. The van der Waals surface area contributed by atoms with Gasteiger partial charge in [0.05, 0.1) is 12.2 Å². The first-order chi connectivity index (χ1) is 39.6. The Morgan fingerprint density at radius 3 is 0.908 bits per heavy atom. The Morgan fingerprint density at radius 1 is 0.425 bits per heavy atom. The molecule has 0 radical (unpaired) electrons. The molecule has 15 heteroatoms. The average Bonchev–Trinajstić information content (AvgIpc) is 1.69. The molecular formula is C72H118O10SSi4. The lowest BCUT2D eigenvalue weighted by Crippen LogP contribution is -2.66. The average molecular weight is 1290 g/mol. The largest absolute Gasteiger partial charge is 0.414 e. The molecule has 4 aromatic carbocycles. The Morgan fingerprint density at radius 2 is 0.678 bits per heavy atom. The summed E-state index contributed by atoms with van der Waals surface area (Å²) < 4.78 is 52.7. The summed E-state index contributed by atoms with van der Waals surface area (Å²) in [5.74, 6) is -1.27. The van der Waals surface area contributed by atoms with Crippen LogP contribution in [-0.2, 0) is 36.7 Å². The van der Waals surface area contributed by atoms with E-state index in [-0.39, 0.29) is 69.9 Å². The van der Waals surface area contributed by atoms with Gasteiger partial charge in [0, 0.05) is 25.4 Å². The maximum Gasteiger partial charge on any atom is 0.261 e. The predicted octanol–water partition coefficient (Wildman–Crippen LogP) is 15.0. The Balaban J connectivity index is 0.000000368. The third kappa shape index (κ3) is 19.6. The van der Waals surface area contributed by atoms with Gasteiger partial charge in [0.25, 0.3) is 16.6 Å². The Labute approximate surface area is 539 Å². The van der Waals surface area contributed by atoms with Gasteiger partial charge in [-0.25, -0.2) is 0 Å². The highest BCUT2D eigenvalue weighted by Gasteiger charge is 2.53. The first-order valence-corrected chi connectivity index (χ1v) is 41.5. The normalized spacial score (nSPS) is 21.8. The van der Waals surface area contributed by atoms with E-state index in [1.165, 1.54) is 20.7 Å². The van der Waals surface area contributed by atoms with Crippen LogP contribution in [0.25, 0.3) is 0 Å². The molecule has 2 aliphatic rings. The van der Waals surface area contributed by atoms with E-state index in [4.69, 9.17) is 36.7 Å². The number of benzene rings is 4. The van der Waals surface area contributed by atoms with Gasteiger partial charge in [-0.3, -0.25) is 0 Å². The molecule has 0 aliphatic carbocycles. The van der Waals surface area contributed by atoms with E-state index < -0.39 is 69.3 Å². The topological polar surface area (TPSA) is 114 Å². The fourth-order valence-electron chi connectivity index (χ4n) is 11.5. The van der Waals surface area contributed by atoms with Gasteiger partial charge >= 0.3 is 0 Å². The highest BCUT2D eigenvalue weighted by molar-refractivity contribution is 7.59. The van der Waals surface area contributed by atoms with Gasteiger partial charge in [0.1, 0.15) is 24.4 Å². The van der Waals surface area contributed by atoms with Crippen LogP contribution in [0.4, 0.5) is 0 Å². The van der Waals surface area contributed by atoms with E-state index in [2.05, 4.69) is 270 Å². The molecule has 2 saturated heterocycles. The van der Waals surface area contributed by atoms with Gasteiger partial charge in [-0.05, 0) is 133 Å². The predicted molar refractivity (Wildman–Crippen MR) is 379 cm³/mol. The lowest BCUT2D eigenvalue weighted by molar-refractivity contribution is -0.153. The molecule has 2 N–H and O–H groups in total. The fourth-order valence-corrected chi connectivity index (χ4v) is 23.7. The summed E-state index contributed by atoms with van der Waals surface area (Å²) >= 11 is 0. The Bertz CT molecular complexity index is 2450. The van der Waals surface area contributed by atoms with Crippen molar-refractivity contribution in [1.29, 1.82) is 0 Å². The molecule has 2 aliphatic heterocycles. The van der Waals surface area contributed by atoms with Crippen LogP contribution in [0.3, 0.4) is 0 Å². The first-order valence-electron chi connectivity index (χ1n) is 31.9. The lowest BCUT2D eigenvalue weighted by Gasteiger charge is -2.43. The van der Waals surface area contributed by atoms with E-state index in [0.717, 1.165) is 0 Å². The molecule has 2 heterocycles. The third-order valence-corrected chi connectivity index (χ3v) is 37.9. The molecular weight excluding hydrogens is 1170 g/mol. The maximum atomic E-state index is 11.3. The summed E-state index contributed by atoms with van der Waals surface area (Å²) in [6.07, 6.45) is 6.00. The van der Waals surface area contributed by atoms with Crippen LogP contribution in [-0.4, -0.2) is 117 Å². The van der Waals surface area contributed by atoms with Gasteiger partial charge in [-0.1, -0.05) is 243 Å². The van der Waals surface area contributed by atoms with Crippen molar-refractivity contribution in [2.75, 3.05) is 13.2 Å². The van der Waals surface area contributed by atoms with Crippen molar-refractivity contribution in [3.63, 3.8) is 0 Å². The van der Waals surface area contributed by atoms with Gasteiger partial charge in [-0.2, -0.15) is 13.5 Å². The molecule has 0 saturated carbocycles. The second kappa shape index (κ2) is 30.7. The first kappa shape index (κ1) is 76.6. The summed E-state index contributed by atoms with van der Waals surface area (Å²) in [6.45, 7) is 53.6. The quantitative estimate of drug-likeness (QED) is 0.0519. The number of ether oxygens (including phenoxy) is 4. The van der Waals surface area contributed by atoms with Crippen molar-refractivity contribution in [3.8, 4) is 0 Å². The van der Waals surface area contributed by atoms with Gasteiger partial charge < -0.3 is 46.9 Å². The zero-order chi connectivity index (χ0) is 64.5. The Hall–Kier alpha value is -2.82. The highest BCUT2D eigenvalue weighted by Crippen LogP contribution is 2.42. The van der Waals surface area contributed by atoms with Crippen LogP contribution in [0.2, 0.25) is 46.3 Å². The fraction of sp³-hybridized carbons (Fsp3) is 0.611. The molecule has 2 fully saturated rings. The molecule has 0 aromatic heterocycles. The van der Waals surface area contributed by atoms with Crippen LogP contribution in [0.15, 0.2) is 146 Å². The highest BCUT2D eigenvalue weighted by atomic mass is 32.1. The van der Waals surface area contributed by atoms with Crippen LogP contribution in [0, 0.1) is 11.8 Å². The zero-order valence-corrected chi connectivity index (χ0v) is 63.1. The summed E-state index contributed by atoms with van der Waals surface area (Å²) in [7, 11) is -9.11. The number of aliphatic hydroxyl groups is 2. The third-order valence-electron chi connectivity index (χ3n) is 18.7. The Kier molecular flexibility index (Phi) is 27.1. The lowest BCUT2D eigenvalue weighted by atomic mass is 10.0. The number of hydrogen-bond donors (Lipinski definition) is 2. The molecule has 0 bridgehead atoms. The van der Waals surface area contributed by atoms with Gasteiger partial charge in [0.2, 0.25) is 0 Å².